The smallest absolute Gasteiger partial charge is 0.224 e. The van der Waals surface area contributed by atoms with Crippen molar-refractivity contribution in [3.63, 3.8) is 0 Å². The summed E-state index contributed by atoms with van der Waals surface area (Å²) in [6.07, 6.45) is 5.28. The van der Waals surface area contributed by atoms with E-state index in [4.69, 9.17) is 5.73 Å². The average Bonchev–Trinajstić information content (AvgIpc) is 2.71. The van der Waals surface area contributed by atoms with E-state index in [0.29, 0.717) is 18.3 Å². The lowest BCUT2D eigenvalue weighted by Crippen LogP contribution is -2.12. The van der Waals surface area contributed by atoms with Crippen LogP contribution >= 0.6 is 0 Å². The summed E-state index contributed by atoms with van der Waals surface area (Å²) in [5.41, 5.74) is 5.52. The number of rotatable bonds is 4. The molecule has 0 aliphatic heterocycles. The van der Waals surface area contributed by atoms with Crippen LogP contribution in [0.5, 0.6) is 0 Å². The van der Waals surface area contributed by atoms with Gasteiger partial charge in [-0.15, -0.1) is 0 Å². The fourth-order valence-electron chi connectivity index (χ4n) is 1.17. The highest BCUT2D eigenvalue weighted by molar-refractivity contribution is 5.34. The van der Waals surface area contributed by atoms with Gasteiger partial charge in [-0.3, -0.25) is 4.68 Å². The van der Waals surface area contributed by atoms with Crippen molar-refractivity contribution in [2.75, 3.05) is 17.6 Å². The molecule has 0 fully saturated rings. The molecule has 0 saturated heterocycles. The Morgan fingerprint density at radius 1 is 1.40 bits per heavy atom. The molecular weight excluding hydrogens is 192 g/mol. The molecule has 0 aliphatic rings. The molecule has 0 aromatic carbocycles. The minimum absolute atomic E-state index is 0.464. The van der Waals surface area contributed by atoms with Gasteiger partial charge in [-0.2, -0.15) is 10.1 Å². The second kappa shape index (κ2) is 4.41. The first-order chi connectivity index (χ1) is 7.34. The molecule has 0 amide bonds. The lowest BCUT2D eigenvalue weighted by molar-refractivity contribution is 0.636. The Bertz CT molecular complexity index is 410. The zero-order valence-corrected chi connectivity index (χ0v) is 8.17. The Balaban J connectivity index is 1.83. The number of nitrogens with two attached hydrogens (primary N) is 1. The maximum atomic E-state index is 5.52. The van der Waals surface area contributed by atoms with E-state index in [0.717, 1.165) is 6.54 Å². The predicted octanol–water partition coefficient (Wildman–Crippen LogP) is 0.367. The van der Waals surface area contributed by atoms with E-state index in [1.165, 1.54) is 0 Å². The maximum Gasteiger partial charge on any atom is 0.224 e. The molecule has 2 heterocycles. The van der Waals surface area contributed by atoms with Crippen molar-refractivity contribution in [2.24, 2.45) is 0 Å². The SMILES string of the molecule is Nc1ccnc(NCCn2cccn2)n1. The van der Waals surface area contributed by atoms with Gasteiger partial charge in [-0.05, 0) is 12.1 Å². The molecular formula is C9H12N6. The Morgan fingerprint density at radius 3 is 3.07 bits per heavy atom. The molecule has 0 spiro atoms. The van der Waals surface area contributed by atoms with Gasteiger partial charge in [-0.1, -0.05) is 0 Å². The third kappa shape index (κ3) is 2.67. The van der Waals surface area contributed by atoms with Crippen LogP contribution in [0.1, 0.15) is 0 Å². The van der Waals surface area contributed by atoms with Crippen molar-refractivity contribution >= 4 is 11.8 Å². The summed E-state index contributed by atoms with van der Waals surface area (Å²) in [4.78, 5) is 8.04. The summed E-state index contributed by atoms with van der Waals surface area (Å²) >= 11 is 0. The van der Waals surface area contributed by atoms with Crippen molar-refractivity contribution in [2.45, 2.75) is 6.54 Å². The minimum atomic E-state index is 0.464. The van der Waals surface area contributed by atoms with Gasteiger partial charge in [-0.25, -0.2) is 4.98 Å². The first kappa shape index (κ1) is 9.45. The van der Waals surface area contributed by atoms with Crippen LogP contribution in [0.2, 0.25) is 0 Å². The fourth-order valence-corrected chi connectivity index (χ4v) is 1.17. The van der Waals surface area contributed by atoms with Crippen molar-refractivity contribution in [1.82, 2.24) is 19.7 Å². The maximum absolute atomic E-state index is 5.52. The molecule has 0 radical (unpaired) electrons. The van der Waals surface area contributed by atoms with E-state index in [2.05, 4.69) is 20.4 Å². The normalized spacial score (nSPS) is 10.1. The zero-order chi connectivity index (χ0) is 10.5. The van der Waals surface area contributed by atoms with Crippen molar-refractivity contribution in [1.29, 1.82) is 0 Å². The topological polar surface area (TPSA) is 81.6 Å². The van der Waals surface area contributed by atoms with Crippen LogP contribution in [-0.2, 0) is 6.54 Å². The molecule has 15 heavy (non-hydrogen) atoms. The first-order valence-corrected chi connectivity index (χ1v) is 4.64. The van der Waals surface area contributed by atoms with E-state index < -0.39 is 0 Å². The largest absolute Gasteiger partial charge is 0.384 e. The lowest BCUT2D eigenvalue weighted by Gasteiger charge is -2.04. The highest BCUT2D eigenvalue weighted by Gasteiger charge is 1.95. The summed E-state index contributed by atoms with van der Waals surface area (Å²) < 4.78 is 1.83. The number of nitrogens with one attached hydrogen (secondary N) is 1. The first-order valence-electron chi connectivity index (χ1n) is 4.64. The Kier molecular flexibility index (Phi) is 2.77. The van der Waals surface area contributed by atoms with Gasteiger partial charge < -0.3 is 11.1 Å². The van der Waals surface area contributed by atoms with Crippen LogP contribution in [0.25, 0.3) is 0 Å². The zero-order valence-electron chi connectivity index (χ0n) is 8.17. The Labute approximate surface area is 87.2 Å². The number of nitrogens with zero attached hydrogens (tertiary/aromatic N) is 4. The summed E-state index contributed by atoms with van der Waals surface area (Å²) in [6, 6.07) is 3.54. The highest BCUT2D eigenvalue weighted by atomic mass is 15.3. The standard InChI is InChI=1S/C9H12N6/c10-8-2-4-11-9(14-8)12-5-7-15-6-1-3-13-15/h1-4,6H,5,7H2,(H3,10,11,12,14). The van der Waals surface area contributed by atoms with Gasteiger partial charge in [0.1, 0.15) is 5.82 Å². The molecule has 0 atom stereocenters. The number of anilines is 2. The van der Waals surface area contributed by atoms with Gasteiger partial charge in [0.2, 0.25) is 5.95 Å². The van der Waals surface area contributed by atoms with E-state index in [-0.39, 0.29) is 0 Å². The predicted molar refractivity (Wildman–Crippen MR) is 57.2 cm³/mol. The second-order valence-corrected chi connectivity index (χ2v) is 3.00. The molecule has 6 heteroatoms. The molecule has 0 bridgehead atoms. The second-order valence-electron chi connectivity index (χ2n) is 3.00. The van der Waals surface area contributed by atoms with E-state index in [1.54, 1.807) is 18.5 Å². The van der Waals surface area contributed by atoms with Crippen LogP contribution in [0.15, 0.2) is 30.7 Å². The van der Waals surface area contributed by atoms with Crippen molar-refractivity contribution < 1.29 is 0 Å². The number of aromatic nitrogens is 4. The van der Waals surface area contributed by atoms with Crippen molar-refractivity contribution in [3.05, 3.63) is 30.7 Å². The molecule has 2 aromatic rings. The lowest BCUT2D eigenvalue weighted by atomic mass is 10.6. The minimum Gasteiger partial charge on any atom is -0.384 e. The fraction of sp³-hybridized carbons (Fsp3) is 0.222. The molecule has 2 aromatic heterocycles. The summed E-state index contributed by atoms with van der Waals surface area (Å²) in [5, 5.41) is 7.14. The molecule has 0 unspecified atom stereocenters. The van der Waals surface area contributed by atoms with E-state index in [1.807, 2.05) is 16.9 Å². The summed E-state index contributed by atoms with van der Waals surface area (Å²) in [7, 11) is 0. The Morgan fingerprint density at radius 2 is 2.33 bits per heavy atom. The van der Waals surface area contributed by atoms with Gasteiger partial charge in [0.05, 0.1) is 6.54 Å². The Hall–Kier alpha value is -2.11. The monoisotopic (exact) mass is 204 g/mol. The molecule has 0 aliphatic carbocycles. The molecule has 3 N–H and O–H groups in total. The number of nitrogen functional groups attached to an aromatic ring is 1. The molecule has 78 valence electrons. The van der Waals surface area contributed by atoms with Crippen LogP contribution in [0.4, 0.5) is 11.8 Å². The molecule has 6 nitrogen and oxygen atoms in total. The summed E-state index contributed by atoms with van der Waals surface area (Å²) in [5.74, 6) is 1.01. The van der Waals surface area contributed by atoms with E-state index in [9.17, 15) is 0 Å². The number of hydrogen-bond donors (Lipinski definition) is 2. The quantitative estimate of drug-likeness (QED) is 0.751. The van der Waals surface area contributed by atoms with Crippen LogP contribution in [0, 0.1) is 0 Å². The third-order valence-electron chi connectivity index (χ3n) is 1.86. The van der Waals surface area contributed by atoms with Crippen molar-refractivity contribution in [3.8, 4) is 0 Å². The molecule has 2 rings (SSSR count). The summed E-state index contributed by atoms with van der Waals surface area (Å²) in [6.45, 7) is 1.48. The van der Waals surface area contributed by atoms with Gasteiger partial charge >= 0.3 is 0 Å². The van der Waals surface area contributed by atoms with Gasteiger partial charge in [0.25, 0.3) is 0 Å². The molecule has 0 saturated carbocycles. The van der Waals surface area contributed by atoms with E-state index >= 15 is 0 Å². The van der Waals surface area contributed by atoms with Crippen LogP contribution in [0.3, 0.4) is 0 Å². The van der Waals surface area contributed by atoms with Gasteiger partial charge in [0, 0.05) is 25.1 Å². The van der Waals surface area contributed by atoms with Crippen LogP contribution < -0.4 is 11.1 Å². The van der Waals surface area contributed by atoms with Crippen LogP contribution in [-0.4, -0.2) is 26.3 Å². The van der Waals surface area contributed by atoms with Gasteiger partial charge in [0.15, 0.2) is 0 Å². The average molecular weight is 204 g/mol. The highest BCUT2D eigenvalue weighted by Crippen LogP contribution is 2.00. The number of hydrogen-bond acceptors (Lipinski definition) is 5. The third-order valence-corrected chi connectivity index (χ3v) is 1.86.